The van der Waals surface area contributed by atoms with Crippen molar-refractivity contribution in [3.8, 4) is 0 Å². The van der Waals surface area contributed by atoms with Crippen molar-refractivity contribution >= 4 is 15.9 Å². The number of halogens is 1. The zero-order valence-electron chi connectivity index (χ0n) is 16.6. The number of carbonyl (C=O) groups is 1. The average molecular weight is 431 g/mol. The molecule has 0 unspecified atom stereocenters. The lowest BCUT2D eigenvalue weighted by Gasteiger charge is -2.24. The Hall–Kier alpha value is -3.04. The Morgan fingerprint density at radius 2 is 1.83 bits per heavy atom. The molecule has 1 atom stereocenters. The molecule has 0 aliphatic carbocycles. The van der Waals surface area contributed by atoms with Crippen molar-refractivity contribution in [3.05, 3.63) is 83.5 Å². The number of likely N-dealkylation sites (N-methyl/N-ethyl adjacent to an activating group) is 1. The fourth-order valence-electron chi connectivity index (χ4n) is 3.02. The summed E-state index contributed by atoms with van der Waals surface area (Å²) in [5.41, 5.74) is 1.30. The molecule has 0 saturated carbocycles. The summed E-state index contributed by atoms with van der Waals surface area (Å²) in [6.07, 6.45) is 0.107. The van der Waals surface area contributed by atoms with E-state index in [-0.39, 0.29) is 13.0 Å². The Morgan fingerprint density at radius 3 is 2.47 bits per heavy atom. The number of sulfonamides is 1. The van der Waals surface area contributed by atoms with Crippen molar-refractivity contribution in [3.63, 3.8) is 0 Å². The maximum absolute atomic E-state index is 14.1. The van der Waals surface area contributed by atoms with Crippen LogP contribution in [0.4, 0.5) is 4.39 Å². The fourth-order valence-corrected chi connectivity index (χ4v) is 4.29. The van der Waals surface area contributed by atoms with Crippen LogP contribution in [0.15, 0.2) is 70.1 Å². The van der Waals surface area contributed by atoms with Crippen molar-refractivity contribution in [2.24, 2.45) is 0 Å². The Morgan fingerprint density at radius 1 is 1.17 bits per heavy atom. The molecule has 1 N–H and O–H groups in total. The minimum atomic E-state index is -4.26. The molecule has 0 radical (unpaired) electrons. The first-order chi connectivity index (χ1) is 14.3. The number of carbonyl (C=O) groups excluding carboxylic acids is 1. The van der Waals surface area contributed by atoms with E-state index in [9.17, 15) is 17.6 Å². The fraction of sp³-hybridized carbons (Fsp3) is 0.238. The van der Waals surface area contributed by atoms with E-state index in [1.807, 2.05) is 6.07 Å². The minimum absolute atomic E-state index is 0.107. The molecule has 1 heterocycles. The van der Waals surface area contributed by atoms with E-state index in [4.69, 9.17) is 4.52 Å². The Balaban J connectivity index is 1.86. The van der Waals surface area contributed by atoms with Gasteiger partial charge in [-0.2, -0.15) is 4.72 Å². The normalized spacial score (nSPS) is 12.5. The summed E-state index contributed by atoms with van der Waals surface area (Å²) in [4.78, 5) is 13.9. The van der Waals surface area contributed by atoms with Crippen LogP contribution < -0.4 is 4.72 Å². The van der Waals surface area contributed by atoms with Crippen LogP contribution in [0.2, 0.25) is 0 Å². The van der Waals surface area contributed by atoms with Gasteiger partial charge < -0.3 is 9.42 Å². The average Bonchev–Trinajstić information content (AvgIpc) is 3.12. The van der Waals surface area contributed by atoms with Gasteiger partial charge in [-0.25, -0.2) is 12.8 Å². The zero-order valence-corrected chi connectivity index (χ0v) is 17.4. The van der Waals surface area contributed by atoms with Crippen LogP contribution in [0.5, 0.6) is 0 Å². The lowest BCUT2D eigenvalue weighted by molar-refractivity contribution is -0.132. The van der Waals surface area contributed by atoms with E-state index in [0.717, 1.165) is 17.7 Å². The standard InChI is InChI=1S/C21H22FN3O4S/c1-15-12-17(23-29-15)14-25(2)21(26)19(13-16-8-4-3-5-9-16)24-30(27,28)20-11-7-6-10-18(20)22/h3-12,19,24H,13-14H2,1-2H3/t19-/m0/s1. The second-order valence-electron chi connectivity index (χ2n) is 6.92. The third-order valence-corrected chi connectivity index (χ3v) is 5.96. The van der Waals surface area contributed by atoms with Crippen LogP contribution in [0.25, 0.3) is 0 Å². The van der Waals surface area contributed by atoms with Crippen molar-refractivity contribution in [2.75, 3.05) is 7.05 Å². The van der Waals surface area contributed by atoms with Gasteiger partial charge in [-0.1, -0.05) is 47.6 Å². The number of hydrogen-bond donors (Lipinski definition) is 1. The van der Waals surface area contributed by atoms with Gasteiger partial charge in [0.15, 0.2) is 0 Å². The SMILES string of the molecule is Cc1cc(CN(C)C(=O)[C@H](Cc2ccccc2)NS(=O)(=O)c2ccccc2F)no1. The van der Waals surface area contributed by atoms with E-state index in [1.54, 1.807) is 44.3 Å². The number of aromatic nitrogens is 1. The summed E-state index contributed by atoms with van der Waals surface area (Å²) < 4.78 is 47.0. The number of amides is 1. The number of nitrogens with zero attached hydrogens (tertiary/aromatic N) is 2. The molecule has 0 spiro atoms. The molecule has 0 fully saturated rings. The third kappa shape index (κ3) is 5.31. The summed E-state index contributed by atoms with van der Waals surface area (Å²) in [6.45, 7) is 1.88. The van der Waals surface area contributed by atoms with Crippen LogP contribution in [-0.4, -0.2) is 37.5 Å². The molecule has 30 heavy (non-hydrogen) atoms. The van der Waals surface area contributed by atoms with Crippen molar-refractivity contribution in [1.82, 2.24) is 14.8 Å². The van der Waals surface area contributed by atoms with E-state index in [0.29, 0.717) is 11.5 Å². The number of hydrogen-bond acceptors (Lipinski definition) is 5. The largest absolute Gasteiger partial charge is 0.361 e. The highest BCUT2D eigenvalue weighted by Gasteiger charge is 2.30. The van der Waals surface area contributed by atoms with E-state index < -0.39 is 32.7 Å². The summed E-state index contributed by atoms with van der Waals surface area (Å²) in [5.74, 6) is -0.756. The van der Waals surface area contributed by atoms with Gasteiger partial charge in [-0.05, 0) is 31.0 Å². The van der Waals surface area contributed by atoms with E-state index in [1.165, 1.54) is 17.0 Å². The molecular formula is C21H22FN3O4S. The van der Waals surface area contributed by atoms with Gasteiger partial charge in [0, 0.05) is 13.1 Å². The third-order valence-electron chi connectivity index (χ3n) is 4.46. The highest BCUT2D eigenvalue weighted by Crippen LogP contribution is 2.16. The molecule has 3 rings (SSSR count). The van der Waals surface area contributed by atoms with Crippen LogP contribution in [0.3, 0.4) is 0 Å². The summed E-state index contributed by atoms with van der Waals surface area (Å²) in [5, 5.41) is 3.86. The highest BCUT2D eigenvalue weighted by molar-refractivity contribution is 7.89. The molecule has 1 aromatic heterocycles. The molecule has 2 aromatic carbocycles. The van der Waals surface area contributed by atoms with Crippen LogP contribution in [0, 0.1) is 12.7 Å². The molecule has 158 valence electrons. The van der Waals surface area contributed by atoms with Gasteiger partial charge >= 0.3 is 0 Å². The molecule has 9 heteroatoms. The second-order valence-corrected chi connectivity index (χ2v) is 8.60. The Kier molecular flexibility index (Phi) is 6.63. The first-order valence-electron chi connectivity index (χ1n) is 9.24. The first-order valence-corrected chi connectivity index (χ1v) is 10.7. The molecule has 3 aromatic rings. The number of benzene rings is 2. The van der Waals surface area contributed by atoms with Crippen molar-refractivity contribution < 1.29 is 22.1 Å². The van der Waals surface area contributed by atoms with E-state index in [2.05, 4.69) is 9.88 Å². The molecular weight excluding hydrogens is 409 g/mol. The van der Waals surface area contributed by atoms with Crippen molar-refractivity contribution in [1.29, 1.82) is 0 Å². The molecule has 0 saturated heterocycles. The van der Waals surface area contributed by atoms with Gasteiger partial charge in [-0.3, -0.25) is 4.79 Å². The summed E-state index contributed by atoms with van der Waals surface area (Å²) in [7, 11) is -2.72. The number of rotatable bonds is 8. The zero-order chi connectivity index (χ0) is 21.7. The van der Waals surface area contributed by atoms with Crippen LogP contribution in [-0.2, 0) is 27.8 Å². The maximum Gasteiger partial charge on any atom is 0.244 e. The molecule has 1 amide bonds. The van der Waals surface area contributed by atoms with Crippen LogP contribution >= 0.6 is 0 Å². The number of nitrogens with one attached hydrogen (secondary N) is 1. The predicted octanol–water partition coefficient (Wildman–Crippen LogP) is 2.67. The van der Waals surface area contributed by atoms with Gasteiger partial charge in [0.1, 0.15) is 28.2 Å². The first kappa shape index (κ1) is 21.7. The van der Waals surface area contributed by atoms with Crippen molar-refractivity contribution in [2.45, 2.75) is 30.8 Å². The monoisotopic (exact) mass is 431 g/mol. The Labute approximate surface area is 174 Å². The van der Waals surface area contributed by atoms with Gasteiger partial charge in [-0.15, -0.1) is 0 Å². The summed E-state index contributed by atoms with van der Waals surface area (Å²) >= 11 is 0. The highest BCUT2D eigenvalue weighted by atomic mass is 32.2. The molecule has 0 bridgehead atoms. The lowest BCUT2D eigenvalue weighted by atomic mass is 10.1. The van der Waals surface area contributed by atoms with Gasteiger partial charge in [0.05, 0.1) is 6.54 Å². The second kappa shape index (κ2) is 9.19. The van der Waals surface area contributed by atoms with E-state index >= 15 is 0 Å². The Bertz CT molecular complexity index is 1120. The maximum atomic E-state index is 14.1. The van der Waals surface area contributed by atoms with Gasteiger partial charge in [0.25, 0.3) is 0 Å². The summed E-state index contributed by atoms with van der Waals surface area (Å²) in [6, 6.07) is 14.6. The molecule has 7 nitrogen and oxygen atoms in total. The predicted molar refractivity (Wildman–Crippen MR) is 108 cm³/mol. The number of aryl methyl sites for hydroxylation is 1. The quantitative estimate of drug-likeness (QED) is 0.592. The smallest absolute Gasteiger partial charge is 0.244 e. The molecule has 0 aliphatic heterocycles. The molecule has 0 aliphatic rings. The minimum Gasteiger partial charge on any atom is -0.361 e. The topological polar surface area (TPSA) is 92.5 Å². The lowest BCUT2D eigenvalue weighted by Crippen LogP contribution is -2.48. The van der Waals surface area contributed by atoms with Gasteiger partial charge in [0.2, 0.25) is 15.9 Å². The van der Waals surface area contributed by atoms with Crippen LogP contribution in [0.1, 0.15) is 17.0 Å².